The van der Waals surface area contributed by atoms with Crippen molar-refractivity contribution < 1.29 is 26.7 Å². The first-order valence-corrected chi connectivity index (χ1v) is 9.59. The van der Waals surface area contributed by atoms with Crippen LogP contribution >= 0.6 is 0 Å². The number of halogens is 5. The van der Waals surface area contributed by atoms with Crippen molar-refractivity contribution in [1.82, 2.24) is 0 Å². The molecule has 33 heavy (non-hydrogen) atoms. The molecule has 4 aromatic rings. The monoisotopic (exact) mass is 448 g/mol. The smallest absolute Gasteiger partial charge is 0.159 e. The van der Waals surface area contributed by atoms with Crippen LogP contribution in [0.3, 0.4) is 0 Å². The highest BCUT2D eigenvalue weighted by atomic mass is 19.2. The molecule has 0 aliphatic rings. The number of rotatable bonds is 1. The second kappa shape index (κ2) is 9.06. The highest BCUT2D eigenvalue weighted by Gasteiger charge is 2.09. The predicted octanol–water partition coefficient (Wildman–Crippen LogP) is 6.34. The summed E-state index contributed by atoms with van der Waals surface area (Å²) in [5.74, 6) is 5.96. The zero-order chi connectivity index (χ0) is 23.5. The van der Waals surface area contributed by atoms with E-state index >= 15 is 0 Å². The minimum atomic E-state index is -1.00. The SMILES string of the molecule is COc1ccc(C#Cc2cc(F)c(C#Cc3ccc4cc(F)c(F)cc4c3)c(F)c2)c(F)c1. The van der Waals surface area contributed by atoms with Crippen LogP contribution in [-0.2, 0) is 0 Å². The van der Waals surface area contributed by atoms with Crippen LogP contribution < -0.4 is 4.74 Å². The first kappa shape index (κ1) is 21.9. The summed E-state index contributed by atoms with van der Waals surface area (Å²) in [6.07, 6.45) is 0. The first-order chi connectivity index (χ1) is 15.8. The van der Waals surface area contributed by atoms with Gasteiger partial charge in [0, 0.05) is 17.2 Å². The van der Waals surface area contributed by atoms with Crippen molar-refractivity contribution in [3.8, 4) is 29.4 Å². The van der Waals surface area contributed by atoms with E-state index in [4.69, 9.17) is 4.74 Å². The molecule has 4 rings (SSSR count). The Labute approximate surface area is 186 Å². The van der Waals surface area contributed by atoms with Gasteiger partial charge in [-0.25, -0.2) is 22.0 Å². The van der Waals surface area contributed by atoms with Crippen LogP contribution in [0, 0.1) is 52.8 Å². The highest BCUT2D eigenvalue weighted by molar-refractivity contribution is 5.84. The summed E-state index contributed by atoms with van der Waals surface area (Å²) >= 11 is 0. The minimum absolute atomic E-state index is 0.00831. The van der Waals surface area contributed by atoms with Crippen LogP contribution in [0.5, 0.6) is 5.75 Å². The lowest BCUT2D eigenvalue weighted by atomic mass is 10.1. The topological polar surface area (TPSA) is 9.23 Å². The summed E-state index contributed by atoms with van der Waals surface area (Å²) in [6, 6.07) is 12.7. The van der Waals surface area contributed by atoms with E-state index in [0.29, 0.717) is 22.1 Å². The van der Waals surface area contributed by atoms with Gasteiger partial charge in [-0.15, -0.1) is 0 Å². The number of benzene rings is 4. The zero-order valence-corrected chi connectivity index (χ0v) is 17.1. The molecule has 0 aromatic heterocycles. The summed E-state index contributed by atoms with van der Waals surface area (Å²) in [4.78, 5) is 0. The molecule has 0 unspecified atom stereocenters. The van der Waals surface area contributed by atoms with Crippen molar-refractivity contribution in [2.45, 2.75) is 0 Å². The van der Waals surface area contributed by atoms with E-state index in [9.17, 15) is 22.0 Å². The average Bonchev–Trinajstić information content (AvgIpc) is 2.78. The zero-order valence-electron chi connectivity index (χ0n) is 17.1. The van der Waals surface area contributed by atoms with Crippen LogP contribution in [0.2, 0.25) is 0 Å². The van der Waals surface area contributed by atoms with Gasteiger partial charge in [0.25, 0.3) is 0 Å². The molecule has 0 radical (unpaired) electrons. The third kappa shape index (κ3) is 4.81. The molecule has 0 saturated heterocycles. The van der Waals surface area contributed by atoms with Gasteiger partial charge in [-0.2, -0.15) is 0 Å². The molecule has 6 heteroatoms. The molecular formula is C27H13F5O. The highest BCUT2D eigenvalue weighted by Crippen LogP contribution is 2.20. The van der Waals surface area contributed by atoms with E-state index in [1.807, 2.05) is 0 Å². The number of fused-ring (bicyclic) bond motifs is 1. The van der Waals surface area contributed by atoms with Crippen LogP contribution in [0.1, 0.15) is 22.3 Å². The quantitative estimate of drug-likeness (QED) is 0.244. The first-order valence-electron chi connectivity index (χ1n) is 9.59. The van der Waals surface area contributed by atoms with E-state index in [-0.39, 0.29) is 11.1 Å². The Bertz CT molecular complexity index is 1490. The lowest BCUT2D eigenvalue weighted by Gasteiger charge is -2.01. The fourth-order valence-corrected chi connectivity index (χ4v) is 3.08. The van der Waals surface area contributed by atoms with Crippen molar-refractivity contribution in [2.75, 3.05) is 7.11 Å². The normalized spacial score (nSPS) is 10.2. The Morgan fingerprint density at radius 1 is 0.545 bits per heavy atom. The number of hydrogen-bond donors (Lipinski definition) is 0. The Balaban J connectivity index is 1.63. The molecule has 0 aliphatic carbocycles. The van der Waals surface area contributed by atoms with Crippen molar-refractivity contribution in [1.29, 1.82) is 0 Å². The Morgan fingerprint density at radius 2 is 1.21 bits per heavy atom. The summed E-state index contributed by atoms with van der Waals surface area (Å²) in [6.45, 7) is 0. The third-order valence-electron chi connectivity index (χ3n) is 4.77. The van der Waals surface area contributed by atoms with Crippen LogP contribution in [0.15, 0.2) is 60.7 Å². The van der Waals surface area contributed by atoms with Gasteiger partial charge in [-0.3, -0.25) is 0 Å². The van der Waals surface area contributed by atoms with Crippen LogP contribution in [0.4, 0.5) is 22.0 Å². The van der Waals surface area contributed by atoms with Gasteiger partial charge in [0.05, 0.1) is 18.2 Å². The van der Waals surface area contributed by atoms with Gasteiger partial charge in [-0.1, -0.05) is 29.7 Å². The number of hydrogen-bond acceptors (Lipinski definition) is 1. The second-order valence-electron chi connectivity index (χ2n) is 6.99. The fourth-order valence-electron chi connectivity index (χ4n) is 3.08. The number of methoxy groups -OCH3 is 1. The molecule has 0 fully saturated rings. The molecule has 4 aromatic carbocycles. The summed E-state index contributed by atoms with van der Waals surface area (Å²) in [5.41, 5.74) is -0.0465. The maximum atomic E-state index is 14.5. The molecule has 0 heterocycles. The Morgan fingerprint density at radius 3 is 1.88 bits per heavy atom. The van der Waals surface area contributed by atoms with Crippen molar-refractivity contribution >= 4 is 10.8 Å². The molecule has 0 atom stereocenters. The lowest BCUT2D eigenvalue weighted by molar-refractivity contribution is 0.411. The van der Waals surface area contributed by atoms with Gasteiger partial charge in [0.15, 0.2) is 11.6 Å². The maximum Gasteiger partial charge on any atom is 0.159 e. The van der Waals surface area contributed by atoms with Gasteiger partial charge < -0.3 is 4.74 Å². The van der Waals surface area contributed by atoms with Crippen LogP contribution in [-0.4, -0.2) is 7.11 Å². The van der Waals surface area contributed by atoms with E-state index < -0.39 is 34.6 Å². The molecule has 0 amide bonds. The molecule has 0 saturated carbocycles. The lowest BCUT2D eigenvalue weighted by Crippen LogP contribution is -1.93. The van der Waals surface area contributed by atoms with Crippen LogP contribution in [0.25, 0.3) is 10.8 Å². The molecule has 162 valence electrons. The third-order valence-corrected chi connectivity index (χ3v) is 4.77. The summed E-state index contributed by atoms with van der Waals surface area (Å²) < 4.78 is 74.6. The van der Waals surface area contributed by atoms with E-state index in [1.54, 1.807) is 0 Å². The van der Waals surface area contributed by atoms with Gasteiger partial charge in [0.1, 0.15) is 23.2 Å². The minimum Gasteiger partial charge on any atom is -0.497 e. The van der Waals surface area contributed by atoms with Crippen molar-refractivity contribution in [3.63, 3.8) is 0 Å². The molecule has 0 N–H and O–H groups in total. The molecular weight excluding hydrogens is 435 g/mol. The Kier molecular flexibility index (Phi) is 6.02. The van der Waals surface area contributed by atoms with Gasteiger partial charge in [-0.05, 0) is 59.3 Å². The van der Waals surface area contributed by atoms with Gasteiger partial charge in [0.2, 0.25) is 0 Å². The standard InChI is InChI=1S/C27H13F5O/c1-33-21-8-7-18(23(28)15-21)5-3-17-11-24(29)22(25(30)12-17)9-4-16-2-6-19-13-26(31)27(32)14-20(19)10-16/h2,6-8,10-15H,1H3. The molecule has 0 spiro atoms. The average molecular weight is 448 g/mol. The van der Waals surface area contributed by atoms with E-state index in [2.05, 4.69) is 23.7 Å². The largest absolute Gasteiger partial charge is 0.497 e. The Hall–Kier alpha value is -4.29. The predicted molar refractivity (Wildman–Crippen MR) is 115 cm³/mol. The van der Waals surface area contributed by atoms with Crippen molar-refractivity contribution in [2.24, 2.45) is 0 Å². The number of ether oxygens (including phenoxy) is 1. The van der Waals surface area contributed by atoms with Gasteiger partial charge >= 0.3 is 0 Å². The molecule has 1 nitrogen and oxygen atoms in total. The molecule has 0 bridgehead atoms. The summed E-state index contributed by atoms with van der Waals surface area (Å²) in [7, 11) is 1.40. The maximum absolute atomic E-state index is 14.5. The fraction of sp³-hybridized carbons (Fsp3) is 0.0370. The summed E-state index contributed by atoms with van der Waals surface area (Å²) in [5, 5.41) is 0.867. The van der Waals surface area contributed by atoms with E-state index in [0.717, 1.165) is 30.3 Å². The second-order valence-corrected chi connectivity index (χ2v) is 6.99. The molecule has 0 aliphatic heterocycles. The van der Waals surface area contributed by atoms with E-state index in [1.165, 1.54) is 37.4 Å². The van der Waals surface area contributed by atoms with Crippen molar-refractivity contribution in [3.05, 3.63) is 112 Å².